The molecule has 0 bridgehead atoms. The average Bonchev–Trinajstić information content (AvgIpc) is 2.60. The lowest BCUT2D eigenvalue weighted by molar-refractivity contribution is -0.0731. The molecule has 1 heterocycles. The Morgan fingerprint density at radius 3 is 2.50 bits per heavy atom. The summed E-state index contributed by atoms with van der Waals surface area (Å²) in [4.78, 5) is 13.6. The second-order valence-corrected chi connectivity index (χ2v) is 6.39. The van der Waals surface area contributed by atoms with Crippen LogP contribution in [-0.4, -0.2) is 57.4 Å². The van der Waals surface area contributed by atoms with E-state index in [1.807, 2.05) is 0 Å². The molecule has 1 rings (SSSR count). The SMILES string of the molecule is C=C[C@H](O)[C@H](O)[C@@H]1COC(C)(C)N1C(=O)OC(C)(C)C. The van der Waals surface area contributed by atoms with Crippen molar-refractivity contribution in [2.45, 2.75) is 64.2 Å². The second kappa shape index (κ2) is 5.71. The molecule has 0 aromatic heterocycles. The maximum Gasteiger partial charge on any atom is 0.412 e. The summed E-state index contributed by atoms with van der Waals surface area (Å²) in [5, 5.41) is 19.8. The van der Waals surface area contributed by atoms with E-state index < -0.39 is 35.7 Å². The van der Waals surface area contributed by atoms with E-state index >= 15 is 0 Å². The van der Waals surface area contributed by atoms with Crippen molar-refractivity contribution in [3.8, 4) is 0 Å². The summed E-state index contributed by atoms with van der Waals surface area (Å²) in [6.45, 7) is 12.3. The van der Waals surface area contributed by atoms with Crippen molar-refractivity contribution in [3.05, 3.63) is 12.7 Å². The van der Waals surface area contributed by atoms with Gasteiger partial charge >= 0.3 is 6.09 Å². The van der Waals surface area contributed by atoms with Crippen LogP contribution in [0.2, 0.25) is 0 Å². The molecule has 116 valence electrons. The highest BCUT2D eigenvalue weighted by Crippen LogP contribution is 2.31. The van der Waals surface area contributed by atoms with Gasteiger partial charge in [-0.3, -0.25) is 4.90 Å². The number of carbonyl (C=O) groups is 1. The first kappa shape index (κ1) is 16.9. The number of aliphatic hydroxyl groups excluding tert-OH is 2. The molecule has 6 nitrogen and oxygen atoms in total. The van der Waals surface area contributed by atoms with Gasteiger partial charge in [-0.15, -0.1) is 6.58 Å². The summed E-state index contributed by atoms with van der Waals surface area (Å²) in [7, 11) is 0. The normalized spacial score (nSPS) is 25.1. The fraction of sp³-hybridized carbons (Fsp3) is 0.786. The van der Waals surface area contributed by atoms with Gasteiger partial charge in [0, 0.05) is 0 Å². The minimum atomic E-state index is -1.18. The van der Waals surface area contributed by atoms with E-state index in [0.29, 0.717) is 0 Å². The smallest absolute Gasteiger partial charge is 0.412 e. The molecule has 0 aromatic carbocycles. The molecule has 0 unspecified atom stereocenters. The molecule has 3 atom stereocenters. The standard InChI is InChI=1S/C14H25NO5/c1-7-10(16)11(17)9-8-19-14(5,6)15(9)12(18)20-13(2,3)4/h7,9-11,16-17H,1,8H2,2-6H3/t9-,10-,11+/m0/s1. The minimum absolute atomic E-state index is 0.123. The molecule has 0 aromatic rings. The molecule has 0 radical (unpaired) electrons. The monoisotopic (exact) mass is 287 g/mol. The van der Waals surface area contributed by atoms with Gasteiger partial charge in [0.15, 0.2) is 0 Å². The third kappa shape index (κ3) is 3.71. The van der Waals surface area contributed by atoms with Crippen molar-refractivity contribution in [3.63, 3.8) is 0 Å². The Hall–Kier alpha value is -1.11. The fourth-order valence-electron chi connectivity index (χ4n) is 2.12. The Balaban J connectivity index is 2.96. The first-order valence-corrected chi connectivity index (χ1v) is 6.64. The van der Waals surface area contributed by atoms with Crippen LogP contribution in [0.3, 0.4) is 0 Å². The first-order valence-electron chi connectivity index (χ1n) is 6.64. The number of aliphatic hydroxyl groups is 2. The molecule has 20 heavy (non-hydrogen) atoms. The van der Waals surface area contributed by atoms with E-state index in [9.17, 15) is 15.0 Å². The zero-order valence-electron chi connectivity index (χ0n) is 12.8. The molecule has 0 spiro atoms. The number of ether oxygens (including phenoxy) is 2. The summed E-state index contributed by atoms with van der Waals surface area (Å²) in [5.41, 5.74) is -1.56. The maximum atomic E-state index is 12.3. The Morgan fingerprint density at radius 1 is 1.50 bits per heavy atom. The summed E-state index contributed by atoms with van der Waals surface area (Å²) >= 11 is 0. The Kier molecular flexibility index (Phi) is 4.84. The molecule has 1 fully saturated rings. The van der Waals surface area contributed by atoms with Crippen LogP contribution < -0.4 is 0 Å². The van der Waals surface area contributed by atoms with Crippen molar-refractivity contribution >= 4 is 6.09 Å². The molecule has 0 saturated carbocycles. The van der Waals surface area contributed by atoms with Crippen molar-refractivity contribution in [2.24, 2.45) is 0 Å². The lowest BCUT2D eigenvalue weighted by Gasteiger charge is -2.37. The van der Waals surface area contributed by atoms with E-state index in [1.165, 1.54) is 11.0 Å². The molecule has 1 saturated heterocycles. The van der Waals surface area contributed by atoms with Crippen LogP contribution in [0.25, 0.3) is 0 Å². The van der Waals surface area contributed by atoms with Gasteiger partial charge in [-0.05, 0) is 34.6 Å². The topological polar surface area (TPSA) is 79.2 Å². The quantitative estimate of drug-likeness (QED) is 0.764. The van der Waals surface area contributed by atoms with E-state index in [0.717, 1.165) is 0 Å². The third-order valence-electron chi connectivity index (χ3n) is 3.09. The lowest BCUT2D eigenvalue weighted by Crippen LogP contribution is -2.55. The van der Waals surface area contributed by atoms with Crippen molar-refractivity contribution < 1.29 is 24.5 Å². The maximum absolute atomic E-state index is 12.3. The molecular formula is C14H25NO5. The highest BCUT2D eigenvalue weighted by atomic mass is 16.6. The van der Waals surface area contributed by atoms with E-state index in [2.05, 4.69) is 6.58 Å². The van der Waals surface area contributed by atoms with Crippen LogP contribution in [0, 0.1) is 0 Å². The molecule has 2 N–H and O–H groups in total. The predicted molar refractivity (Wildman–Crippen MR) is 74.1 cm³/mol. The first-order chi connectivity index (χ1) is 8.99. The van der Waals surface area contributed by atoms with Gasteiger partial charge in [-0.1, -0.05) is 6.08 Å². The van der Waals surface area contributed by atoms with E-state index in [4.69, 9.17) is 9.47 Å². The Bertz CT molecular complexity index is 374. The van der Waals surface area contributed by atoms with Gasteiger partial charge in [0.1, 0.15) is 17.4 Å². The van der Waals surface area contributed by atoms with Crippen LogP contribution in [-0.2, 0) is 9.47 Å². The van der Waals surface area contributed by atoms with Crippen molar-refractivity contribution in [2.75, 3.05) is 6.61 Å². The van der Waals surface area contributed by atoms with Crippen LogP contribution in [0.15, 0.2) is 12.7 Å². The van der Waals surface area contributed by atoms with Gasteiger partial charge in [-0.25, -0.2) is 4.79 Å². The Labute approximate surface area is 120 Å². The highest BCUT2D eigenvalue weighted by Gasteiger charge is 2.49. The average molecular weight is 287 g/mol. The van der Waals surface area contributed by atoms with E-state index in [1.54, 1.807) is 34.6 Å². The fourth-order valence-corrected chi connectivity index (χ4v) is 2.12. The zero-order chi connectivity index (χ0) is 15.7. The second-order valence-electron chi connectivity index (χ2n) is 6.39. The lowest BCUT2D eigenvalue weighted by atomic mass is 10.0. The predicted octanol–water partition coefficient (Wildman–Crippen LogP) is 1.27. The largest absolute Gasteiger partial charge is 0.444 e. The van der Waals surface area contributed by atoms with Gasteiger partial charge in [-0.2, -0.15) is 0 Å². The number of hydrogen-bond donors (Lipinski definition) is 2. The molecule has 1 aliphatic heterocycles. The van der Waals surface area contributed by atoms with E-state index in [-0.39, 0.29) is 6.61 Å². The zero-order valence-corrected chi connectivity index (χ0v) is 12.8. The number of rotatable bonds is 3. The van der Waals surface area contributed by atoms with Gasteiger partial charge in [0.05, 0.1) is 18.8 Å². The number of hydrogen-bond acceptors (Lipinski definition) is 5. The highest BCUT2D eigenvalue weighted by molar-refractivity contribution is 5.70. The van der Waals surface area contributed by atoms with Gasteiger partial charge in [0.25, 0.3) is 0 Å². The molecular weight excluding hydrogens is 262 g/mol. The van der Waals surface area contributed by atoms with Crippen LogP contribution in [0.1, 0.15) is 34.6 Å². The molecule has 6 heteroatoms. The molecule has 0 aliphatic carbocycles. The molecule has 1 amide bonds. The van der Waals surface area contributed by atoms with Crippen LogP contribution >= 0.6 is 0 Å². The third-order valence-corrected chi connectivity index (χ3v) is 3.09. The summed E-state index contributed by atoms with van der Waals surface area (Å²) < 4.78 is 10.9. The van der Waals surface area contributed by atoms with Crippen LogP contribution in [0.5, 0.6) is 0 Å². The Morgan fingerprint density at radius 2 is 2.05 bits per heavy atom. The number of amides is 1. The summed E-state index contributed by atoms with van der Waals surface area (Å²) in [5.74, 6) is 0. The summed E-state index contributed by atoms with van der Waals surface area (Å²) in [6, 6.07) is -0.687. The van der Waals surface area contributed by atoms with Crippen LogP contribution in [0.4, 0.5) is 4.79 Å². The van der Waals surface area contributed by atoms with Crippen molar-refractivity contribution in [1.29, 1.82) is 0 Å². The summed E-state index contributed by atoms with van der Waals surface area (Å²) in [6.07, 6.45) is -1.67. The minimum Gasteiger partial charge on any atom is -0.444 e. The van der Waals surface area contributed by atoms with Crippen molar-refractivity contribution in [1.82, 2.24) is 4.90 Å². The van der Waals surface area contributed by atoms with Gasteiger partial charge < -0.3 is 19.7 Å². The number of carbonyl (C=O) groups excluding carboxylic acids is 1. The number of nitrogens with zero attached hydrogens (tertiary/aromatic N) is 1. The molecule has 1 aliphatic rings. The van der Waals surface area contributed by atoms with Gasteiger partial charge in [0.2, 0.25) is 0 Å².